The number of esters is 1. The van der Waals surface area contributed by atoms with Gasteiger partial charge in [-0.1, -0.05) is 53.9 Å². The monoisotopic (exact) mass is 444 g/mol. The predicted octanol–water partition coefficient (Wildman–Crippen LogP) is 7.38. The van der Waals surface area contributed by atoms with Gasteiger partial charge in [0.25, 0.3) is 0 Å². The van der Waals surface area contributed by atoms with Crippen LogP contribution in [0, 0.1) is 52.3 Å². The summed E-state index contributed by atoms with van der Waals surface area (Å²) in [6, 6.07) is 0. The molecule has 4 aliphatic carbocycles. The van der Waals surface area contributed by atoms with Crippen LogP contribution in [0.3, 0.4) is 0 Å². The van der Waals surface area contributed by atoms with Crippen molar-refractivity contribution in [2.45, 2.75) is 124 Å². The molecule has 32 heavy (non-hydrogen) atoms. The largest absolute Gasteiger partial charge is 0.430 e. The lowest BCUT2D eigenvalue weighted by atomic mass is 9.44. The molecule has 10 atom stereocenters. The molecule has 0 spiro atoms. The Hall–Kier alpha value is -0.570. The molecule has 0 unspecified atom stereocenters. The molecule has 4 saturated carbocycles. The number of rotatable bonds is 6. The van der Waals surface area contributed by atoms with Gasteiger partial charge in [0.15, 0.2) is 0 Å². The van der Waals surface area contributed by atoms with E-state index in [0.29, 0.717) is 16.7 Å². The number of epoxide rings is 1. The van der Waals surface area contributed by atoms with E-state index < -0.39 is 5.79 Å². The molecule has 3 heteroatoms. The zero-order valence-corrected chi connectivity index (χ0v) is 21.6. The van der Waals surface area contributed by atoms with Crippen LogP contribution >= 0.6 is 0 Å². The molecule has 182 valence electrons. The standard InChI is InChI=1S/C29H48O3/c1-18(2)8-7-9-19(3)23-12-13-24-22-11-10-21-16-29(31-20(4)30)26(32-29)17-28(21,6)25(22)14-15-27(23,24)5/h18-19,21-26H,7-17H2,1-6H3/t19-,21+,22-,23-,24+,25-,26-,27+,28-,29+/m1/s1. The van der Waals surface area contributed by atoms with Crippen LogP contribution in [0.2, 0.25) is 0 Å². The number of carbonyl (C=O) groups is 1. The van der Waals surface area contributed by atoms with E-state index in [1.165, 1.54) is 64.7 Å². The first-order valence-electron chi connectivity index (χ1n) is 14.0. The number of hydrogen-bond acceptors (Lipinski definition) is 3. The summed E-state index contributed by atoms with van der Waals surface area (Å²) in [5.74, 6) is 5.23. The lowest BCUT2D eigenvalue weighted by Crippen LogP contribution is -2.55. The fourth-order valence-electron chi connectivity index (χ4n) is 9.91. The molecule has 5 fully saturated rings. The fraction of sp³-hybridized carbons (Fsp3) is 0.966. The second-order valence-corrected chi connectivity index (χ2v) is 13.6. The third-order valence-electron chi connectivity index (χ3n) is 11.5. The lowest BCUT2D eigenvalue weighted by molar-refractivity contribution is -0.168. The average Bonchev–Trinajstić information content (AvgIpc) is 3.23. The molecule has 0 N–H and O–H groups in total. The Bertz CT molecular complexity index is 732. The first kappa shape index (κ1) is 23.2. The van der Waals surface area contributed by atoms with E-state index in [2.05, 4.69) is 34.6 Å². The Kier molecular flexibility index (Phi) is 5.79. The molecule has 1 saturated heterocycles. The van der Waals surface area contributed by atoms with Crippen LogP contribution in [0.4, 0.5) is 0 Å². The SMILES string of the molecule is CC(=O)O[C@]12C[C@@H]3CC[C@H]4[C@@H](CC[C@@]5(C)[C@@H]([C@H](C)CCCC(C)C)CC[C@@H]45)[C@]3(C)C[C@H]1O2. The number of carbonyl (C=O) groups excluding carboxylic acids is 1. The third-order valence-corrected chi connectivity index (χ3v) is 11.5. The maximum Gasteiger partial charge on any atom is 0.305 e. The van der Waals surface area contributed by atoms with E-state index in [1.807, 2.05) is 0 Å². The summed E-state index contributed by atoms with van der Waals surface area (Å²) < 4.78 is 11.8. The van der Waals surface area contributed by atoms with Crippen molar-refractivity contribution in [3.05, 3.63) is 0 Å². The highest BCUT2D eigenvalue weighted by atomic mass is 16.8. The van der Waals surface area contributed by atoms with Gasteiger partial charge in [-0.15, -0.1) is 0 Å². The Morgan fingerprint density at radius 2 is 1.72 bits per heavy atom. The molecule has 0 bridgehead atoms. The molecule has 0 aromatic rings. The van der Waals surface area contributed by atoms with E-state index in [4.69, 9.17) is 9.47 Å². The number of fused-ring (bicyclic) bond motifs is 6. The molecule has 0 radical (unpaired) electrons. The van der Waals surface area contributed by atoms with Gasteiger partial charge in [-0.05, 0) is 97.2 Å². The van der Waals surface area contributed by atoms with Crippen LogP contribution in [0.5, 0.6) is 0 Å². The predicted molar refractivity (Wildman–Crippen MR) is 128 cm³/mol. The zero-order chi connectivity index (χ0) is 22.9. The van der Waals surface area contributed by atoms with Crippen molar-refractivity contribution in [1.29, 1.82) is 0 Å². The van der Waals surface area contributed by atoms with Gasteiger partial charge >= 0.3 is 5.97 Å². The Balaban J connectivity index is 1.28. The summed E-state index contributed by atoms with van der Waals surface area (Å²) in [4.78, 5) is 11.7. The molecule has 1 heterocycles. The van der Waals surface area contributed by atoms with Crippen molar-refractivity contribution in [3.63, 3.8) is 0 Å². The van der Waals surface area contributed by atoms with Crippen LogP contribution in [-0.4, -0.2) is 17.9 Å². The quantitative estimate of drug-likeness (QED) is 0.317. The zero-order valence-electron chi connectivity index (χ0n) is 21.6. The Morgan fingerprint density at radius 3 is 2.44 bits per heavy atom. The van der Waals surface area contributed by atoms with Gasteiger partial charge in [0.05, 0.1) is 0 Å². The van der Waals surface area contributed by atoms with Gasteiger partial charge < -0.3 is 9.47 Å². The minimum atomic E-state index is -0.560. The topological polar surface area (TPSA) is 38.8 Å². The lowest BCUT2D eigenvalue weighted by Gasteiger charge is -2.60. The summed E-state index contributed by atoms with van der Waals surface area (Å²) in [6.07, 6.45) is 14.9. The number of hydrogen-bond donors (Lipinski definition) is 0. The molecule has 0 amide bonds. The minimum absolute atomic E-state index is 0.150. The number of ether oxygens (including phenoxy) is 2. The van der Waals surface area contributed by atoms with E-state index in [1.54, 1.807) is 0 Å². The fourth-order valence-corrected chi connectivity index (χ4v) is 9.91. The summed E-state index contributed by atoms with van der Waals surface area (Å²) >= 11 is 0. The van der Waals surface area contributed by atoms with Crippen molar-refractivity contribution in [3.8, 4) is 0 Å². The van der Waals surface area contributed by atoms with Gasteiger partial charge in [0, 0.05) is 13.3 Å². The minimum Gasteiger partial charge on any atom is -0.430 e. The normalized spacial score (nSPS) is 50.1. The molecular formula is C29H48O3. The van der Waals surface area contributed by atoms with Gasteiger partial charge in [0.1, 0.15) is 6.10 Å². The van der Waals surface area contributed by atoms with E-state index in [0.717, 1.165) is 48.3 Å². The van der Waals surface area contributed by atoms with E-state index in [9.17, 15) is 4.79 Å². The van der Waals surface area contributed by atoms with Crippen LogP contribution in [0.15, 0.2) is 0 Å². The second kappa shape index (κ2) is 7.99. The van der Waals surface area contributed by atoms with Gasteiger partial charge in [-0.25, -0.2) is 0 Å². The summed E-state index contributed by atoms with van der Waals surface area (Å²) in [6.45, 7) is 14.1. The summed E-state index contributed by atoms with van der Waals surface area (Å²) in [7, 11) is 0. The summed E-state index contributed by atoms with van der Waals surface area (Å²) in [5.41, 5.74) is 0.934. The maximum absolute atomic E-state index is 11.7. The van der Waals surface area contributed by atoms with Gasteiger partial charge in [-0.2, -0.15) is 0 Å². The van der Waals surface area contributed by atoms with Crippen molar-refractivity contribution in [1.82, 2.24) is 0 Å². The van der Waals surface area contributed by atoms with Crippen LogP contribution < -0.4 is 0 Å². The Labute approximate surface area is 196 Å². The molecule has 3 nitrogen and oxygen atoms in total. The molecule has 5 aliphatic rings. The first-order chi connectivity index (χ1) is 15.1. The molecule has 0 aromatic heterocycles. The van der Waals surface area contributed by atoms with Crippen molar-refractivity contribution >= 4 is 5.97 Å². The third kappa shape index (κ3) is 3.59. The van der Waals surface area contributed by atoms with Crippen LogP contribution in [0.1, 0.15) is 112 Å². The van der Waals surface area contributed by atoms with Gasteiger partial charge in [-0.3, -0.25) is 4.79 Å². The van der Waals surface area contributed by atoms with Crippen molar-refractivity contribution in [2.75, 3.05) is 0 Å². The highest BCUT2D eigenvalue weighted by molar-refractivity contribution is 5.66. The smallest absolute Gasteiger partial charge is 0.305 e. The highest BCUT2D eigenvalue weighted by Crippen LogP contribution is 2.71. The Morgan fingerprint density at radius 1 is 0.969 bits per heavy atom. The van der Waals surface area contributed by atoms with E-state index >= 15 is 0 Å². The first-order valence-corrected chi connectivity index (χ1v) is 14.0. The molecule has 0 aromatic carbocycles. The van der Waals surface area contributed by atoms with Crippen molar-refractivity contribution < 1.29 is 14.3 Å². The average molecular weight is 445 g/mol. The summed E-state index contributed by atoms with van der Waals surface area (Å²) in [5, 5.41) is 0. The molecular weight excluding hydrogens is 396 g/mol. The molecule has 5 rings (SSSR count). The highest BCUT2D eigenvalue weighted by Gasteiger charge is 2.71. The molecule has 1 aliphatic heterocycles. The second-order valence-electron chi connectivity index (χ2n) is 13.6. The van der Waals surface area contributed by atoms with Crippen LogP contribution in [-0.2, 0) is 14.3 Å². The maximum atomic E-state index is 11.7. The van der Waals surface area contributed by atoms with Crippen molar-refractivity contribution in [2.24, 2.45) is 52.3 Å². The van der Waals surface area contributed by atoms with E-state index in [-0.39, 0.29) is 12.1 Å². The van der Waals surface area contributed by atoms with Crippen LogP contribution in [0.25, 0.3) is 0 Å². The van der Waals surface area contributed by atoms with Gasteiger partial charge in [0.2, 0.25) is 5.79 Å².